The van der Waals surface area contributed by atoms with Crippen LogP contribution < -0.4 is 0 Å². The molecular weight excluding hydrogens is 219 g/mol. The molecule has 0 heterocycles. The van der Waals surface area contributed by atoms with Crippen LogP contribution in [0.15, 0.2) is 24.3 Å². The summed E-state index contributed by atoms with van der Waals surface area (Å²) in [6, 6.07) is 6.18. The van der Waals surface area contributed by atoms with Gasteiger partial charge in [-0.2, -0.15) is 0 Å². The Morgan fingerprint density at radius 1 is 1.47 bits per heavy atom. The third-order valence-electron chi connectivity index (χ3n) is 3.09. The molecule has 0 radical (unpaired) electrons. The molecule has 3 heteroatoms. The maximum atomic E-state index is 13.0. The van der Waals surface area contributed by atoms with Crippen molar-refractivity contribution >= 4 is 5.97 Å². The van der Waals surface area contributed by atoms with Crippen LogP contribution in [0.2, 0.25) is 0 Å². The van der Waals surface area contributed by atoms with E-state index in [1.807, 2.05) is 13.8 Å². The largest absolute Gasteiger partial charge is 0.481 e. The van der Waals surface area contributed by atoms with Crippen LogP contribution in [-0.2, 0) is 11.2 Å². The van der Waals surface area contributed by atoms with Crippen LogP contribution in [0.5, 0.6) is 0 Å². The Kier molecular flexibility index (Phi) is 5.13. The summed E-state index contributed by atoms with van der Waals surface area (Å²) >= 11 is 0. The zero-order valence-electron chi connectivity index (χ0n) is 10.3. The van der Waals surface area contributed by atoms with Crippen LogP contribution in [-0.4, -0.2) is 11.1 Å². The normalized spacial score (nSPS) is 14.3. The summed E-state index contributed by atoms with van der Waals surface area (Å²) in [7, 11) is 0. The van der Waals surface area contributed by atoms with E-state index < -0.39 is 11.9 Å². The highest BCUT2D eigenvalue weighted by atomic mass is 19.1. The molecule has 0 fully saturated rings. The van der Waals surface area contributed by atoms with Gasteiger partial charge in [-0.05, 0) is 30.0 Å². The molecule has 17 heavy (non-hydrogen) atoms. The van der Waals surface area contributed by atoms with Crippen LogP contribution in [0, 0.1) is 17.7 Å². The average Bonchev–Trinajstić information content (AvgIpc) is 2.26. The maximum absolute atomic E-state index is 13.0. The van der Waals surface area contributed by atoms with Crippen LogP contribution in [0.3, 0.4) is 0 Å². The second kappa shape index (κ2) is 6.38. The van der Waals surface area contributed by atoms with E-state index in [9.17, 15) is 14.3 Å². The lowest BCUT2D eigenvalue weighted by molar-refractivity contribution is -0.143. The monoisotopic (exact) mass is 238 g/mol. The molecule has 0 amide bonds. The van der Waals surface area contributed by atoms with E-state index >= 15 is 0 Å². The Morgan fingerprint density at radius 2 is 2.18 bits per heavy atom. The van der Waals surface area contributed by atoms with Gasteiger partial charge in [-0.1, -0.05) is 38.8 Å². The molecule has 1 aromatic rings. The molecule has 0 spiro atoms. The van der Waals surface area contributed by atoms with E-state index in [0.717, 1.165) is 18.4 Å². The summed E-state index contributed by atoms with van der Waals surface area (Å²) in [6.45, 7) is 3.99. The molecule has 94 valence electrons. The van der Waals surface area contributed by atoms with E-state index in [0.29, 0.717) is 6.42 Å². The van der Waals surface area contributed by atoms with Crippen molar-refractivity contribution < 1.29 is 14.3 Å². The average molecular weight is 238 g/mol. The number of carboxylic acid groups (broad SMARTS) is 1. The van der Waals surface area contributed by atoms with Gasteiger partial charge in [0.2, 0.25) is 0 Å². The molecular formula is C14H19FO2. The minimum absolute atomic E-state index is 0.112. The van der Waals surface area contributed by atoms with Crippen molar-refractivity contribution in [1.29, 1.82) is 0 Å². The van der Waals surface area contributed by atoms with Gasteiger partial charge < -0.3 is 5.11 Å². The van der Waals surface area contributed by atoms with Crippen LogP contribution >= 0.6 is 0 Å². The van der Waals surface area contributed by atoms with E-state index in [1.54, 1.807) is 12.1 Å². The lowest BCUT2D eigenvalue weighted by Gasteiger charge is -2.19. The van der Waals surface area contributed by atoms with E-state index in [2.05, 4.69) is 0 Å². The highest BCUT2D eigenvalue weighted by Crippen LogP contribution is 2.22. The van der Waals surface area contributed by atoms with Crippen molar-refractivity contribution in [3.8, 4) is 0 Å². The fourth-order valence-corrected chi connectivity index (χ4v) is 2.11. The van der Waals surface area contributed by atoms with E-state index in [1.165, 1.54) is 12.1 Å². The zero-order chi connectivity index (χ0) is 12.8. The summed E-state index contributed by atoms with van der Waals surface area (Å²) in [6.07, 6.45) is 2.24. The third-order valence-corrected chi connectivity index (χ3v) is 3.09. The lowest BCUT2D eigenvalue weighted by Crippen LogP contribution is -2.24. The van der Waals surface area contributed by atoms with Gasteiger partial charge in [-0.25, -0.2) is 4.39 Å². The predicted molar refractivity (Wildman–Crippen MR) is 65.3 cm³/mol. The van der Waals surface area contributed by atoms with E-state index in [-0.39, 0.29) is 11.7 Å². The SMILES string of the molecule is CCCC(C)C(Cc1cccc(F)c1)C(=O)O. The molecule has 1 rings (SSSR count). The molecule has 1 N–H and O–H groups in total. The topological polar surface area (TPSA) is 37.3 Å². The molecule has 2 atom stereocenters. The molecule has 0 saturated heterocycles. The number of halogens is 1. The molecule has 1 aromatic carbocycles. The highest BCUT2D eigenvalue weighted by molar-refractivity contribution is 5.70. The first-order valence-electron chi connectivity index (χ1n) is 6.01. The van der Waals surface area contributed by atoms with Gasteiger partial charge in [0, 0.05) is 0 Å². The summed E-state index contributed by atoms with van der Waals surface area (Å²) in [5, 5.41) is 9.21. The number of carboxylic acids is 1. The van der Waals surface area contributed by atoms with Crippen molar-refractivity contribution in [3.63, 3.8) is 0 Å². The van der Waals surface area contributed by atoms with Crippen LogP contribution in [0.4, 0.5) is 4.39 Å². The molecule has 0 bridgehead atoms. The number of aliphatic carboxylic acids is 1. The van der Waals surface area contributed by atoms with Gasteiger partial charge in [-0.15, -0.1) is 0 Å². The van der Waals surface area contributed by atoms with Crippen LogP contribution in [0.25, 0.3) is 0 Å². The van der Waals surface area contributed by atoms with Crippen molar-refractivity contribution in [1.82, 2.24) is 0 Å². The first kappa shape index (κ1) is 13.7. The van der Waals surface area contributed by atoms with Crippen molar-refractivity contribution in [2.45, 2.75) is 33.1 Å². The summed E-state index contributed by atoms with van der Waals surface area (Å²) in [5.41, 5.74) is 0.750. The standard InChI is InChI=1S/C14H19FO2/c1-3-5-10(2)13(14(16)17)9-11-6-4-7-12(15)8-11/h4,6-8,10,13H,3,5,9H2,1-2H3,(H,16,17). The number of benzene rings is 1. The summed E-state index contributed by atoms with van der Waals surface area (Å²) in [4.78, 5) is 11.2. The molecule has 2 unspecified atom stereocenters. The molecule has 0 saturated carbocycles. The Labute approximate surface area is 101 Å². The number of rotatable bonds is 6. The lowest BCUT2D eigenvalue weighted by atomic mass is 9.85. The maximum Gasteiger partial charge on any atom is 0.307 e. The van der Waals surface area contributed by atoms with Gasteiger partial charge in [0.25, 0.3) is 0 Å². The quantitative estimate of drug-likeness (QED) is 0.823. The number of hydrogen-bond donors (Lipinski definition) is 1. The second-order valence-electron chi connectivity index (χ2n) is 4.54. The Balaban J connectivity index is 2.76. The third kappa shape index (κ3) is 4.17. The molecule has 0 aliphatic rings. The van der Waals surface area contributed by atoms with Gasteiger partial charge in [-0.3, -0.25) is 4.79 Å². The summed E-state index contributed by atoms with van der Waals surface area (Å²) in [5.74, 6) is -1.43. The van der Waals surface area contributed by atoms with Gasteiger partial charge in [0.05, 0.1) is 5.92 Å². The Hall–Kier alpha value is -1.38. The summed E-state index contributed by atoms with van der Waals surface area (Å²) < 4.78 is 13.0. The second-order valence-corrected chi connectivity index (χ2v) is 4.54. The van der Waals surface area contributed by atoms with Gasteiger partial charge in [0.15, 0.2) is 0 Å². The predicted octanol–water partition coefficient (Wildman–Crippen LogP) is 3.51. The Morgan fingerprint density at radius 3 is 2.71 bits per heavy atom. The molecule has 0 aliphatic heterocycles. The van der Waals surface area contributed by atoms with E-state index in [4.69, 9.17) is 0 Å². The number of carbonyl (C=O) groups is 1. The van der Waals surface area contributed by atoms with Crippen molar-refractivity contribution in [2.75, 3.05) is 0 Å². The number of hydrogen-bond acceptors (Lipinski definition) is 1. The fraction of sp³-hybridized carbons (Fsp3) is 0.500. The van der Waals surface area contributed by atoms with Crippen molar-refractivity contribution in [3.05, 3.63) is 35.6 Å². The van der Waals surface area contributed by atoms with Gasteiger partial charge in [0.1, 0.15) is 5.82 Å². The minimum atomic E-state index is -0.796. The Bertz CT molecular complexity index is 376. The highest BCUT2D eigenvalue weighted by Gasteiger charge is 2.24. The van der Waals surface area contributed by atoms with Gasteiger partial charge >= 0.3 is 5.97 Å². The minimum Gasteiger partial charge on any atom is -0.481 e. The molecule has 0 aromatic heterocycles. The molecule has 2 nitrogen and oxygen atoms in total. The van der Waals surface area contributed by atoms with Crippen molar-refractivity contribution in [2.24, 2.45) is 11.8 Å². The zero-order valence-corrected chi connectivity index (χ0v) is 10.3. The molecule has 0 aliphatic carbocycles. The first-order valence-corrected chi connectivity index (χ1v) is 6.01. The fourth-order valence-electron chi connectivity index (χ4n) is 2.11. The first-order chi connectivity index (χ1) is 8.04. The smallest absolute Gasteiger partial charge is 0.307 e. The van der Waals surface area contributed by atoms with Crippen LogP contribution in [0.1, 0.15) is 32.3 Å².